The van der Waals surface area contributed by atoms with Gasteiger partial charge in [-0.05, 0) is 25.1 Å². The van der Waals surface area contributed by atoms with E-state index < -0.39 is 22.6 Å². The zero-order chi connectivity index (χ0) is 20.6. The molecule has 8 nitrogen and oxygen atoms in total. The molecule has 0 radical (unpaired) electrons. The minimum Gasteiger partial charge on any atom is -0.368 e. The number of anilines is 1. The van der Waals surface area contributed by atoms with Crippen molar-refractivity contribution in [3.05, 3.63) is 51.3 Å². The molecule has 1 aromatic heterocycles. The van der Waals surface area contributed by atoms with Crippen molar-refractivity contribution in [2.45, 2.75) is 13.1 Å². The molecule has 0 aliphatic carbocycles. The lowest BCUT2D eigenvalue weighted by molar-refractivity contribution is -0.385. The Bertz CT molecular complexity index is 917. The van der Waals surface area contributed by atoms with E-state index in [0.717, 1.165) is 12.1 Å². The number of hydrogen-bond donors (Lipinski definition) is 0. The van der Waals surface area contributed by atoms with Gasteiger partial charge in [-0.15, -0.1) is 0 Å². The lowest BCUT2D eigenvalue weighted by Gasteiger charge is -2.36. The molecule has 0 spiro atoms. The second-order valence-corrected chi connectivity index (χ2v) is 6.49. The summed E-state index contributed by atoms with van der Waals surface area (Å²) in [5.74, 6) is -0.515. The van der Waals surface area contributed by atoms with Crippen LogP contribution in [0.3, 0.4) is 0 Å². The van der Waals surface area contributed by atoms with Crippen LogP contribution in [0.5, 0.6) is 0 Å². The molecule has 1 aromatic carbocycles. The summed E-state index contributed by atoms with van der Waals surface area (Å²) in [7, 11) is 1.46. The first-order valence-electron chi connectivity index (χ1n) is 8.49. The molecule has 0 saturated carbocycles. The average molecular weight is 397 g/mol. The lowest BCUT2D eigenvalue weighted by atomic mass is 10.1. The predicted molar refractivity (Wildman–Crippen MR) is 94.2 cm³/mol. The zero-order valence-electron chi connectivity index (χ0n) is 15.2. The third-order valence-corrected chi connectivity index (χ3v) is 4.68. The van der Waals surface area contributed by atoms with Gasteiger partial charge in [0.25, 0.3) is 5.91 Å². The monoisotopic (exact) mass is 397 g/mol. The van der Waals surface area contributed by atoms with Gasteiger partial charge in [-0.2, -0.15) is 18.3 Å². The van der Waals surface area contributed by atoms with Crippen molar-refractivity contribution < 1.29 is 22.9 Å². The summed E-state index contributed by atoms with van der Waals surface area (Å²) in [6.07, 6.45) is -4.43. The number of alkyl halides is 3. The van der Waals surface area contributed by atoms with Gasteiger partial charge in [-0.1, -0.05) is 6.07 Å². The number of piperazine rings is 1. The number of carbonyl (C=O) groups excluding carboxylic acids is 1. The summed E-state index contributed by atoms with van der Waals surface area (Å²) < 4.78 is 39.9. The standard InChI is InChI=1S/C17H18F3N5O3/c1-11-14(25(27)28)15(22(2)21-11)16(26)24-8-6-23(7-9-24)13-5-3-4-12(10-13)17(18,19)20/h3-5,10H,6-9H2,1-2H3. The first-order chi connectivity index (χ1) is 13.1. The third-order valence-electron chi connectivity index (χ3n) is 4.68. The molecule has 2 aromatic rings. The first kappa shape index (κ1) is 19.6. The predicted octanol–water partition coefficient (Wildman–Crippen LogP) is 2.62. The van der Waals surface area contributed by atoms with Crippen molar-refractivity contribution in [1.82, 2.24) is 14.7 Å². The fourth-order valence-electron chi connectivity index (χ4n) is 3.30. The largest absolute Gasteiger partial charge is 0.416 e. The Morgan fingerprint density at radius 3 is 2.43 bits per heavy atom. The normalized spacial score (nSPS) is 15.0. The van der Waals surface area contributed by atoms with Crippen LogP contribution in [0.4, 0.5) is 24.5 Å². The molecule has 0 unspecified atom stereocenters. The Balaban J connectivity index is 1.75. The van der Waals surface area contributed by atoms with E-state index in [2.05, 4.69) is 5.10 Å². The van der Waals surface area contributed by atoms with E-state index in [0.29, 0.717) is 18.8 Å². The summed E-state index contributed by atoms with van der Waals surface area (Å²) in [5, 5.41) is 15.2. The smallest absolute Gasteiger partial charge is 0.368 e. The van der Waals surface area contributed by atoms with E-state index in [4.69, 9.17) is 0 Å². The summed E-state index contributed by atoms with van der Waals surface area (Å²) in [4.78, 5) is 26.6. The Morgan fingerprint density at radius 2 is 1.86 bits per heavy atom. The van der Waals surface area contributed by atoms with Gasteiger partial charge in [0.05, 0.1) is 10.5 Å². The molecule has 1 saturated heterocycles. The Hall–Kier alpha value is -3.11. The van der Waals surface area contributed by atoms with Gasteiger partial charge in [0, 0.05) is 38.9 Å². The minimum atomic E-state index is -4.43. The molecule has 1 fully saturated rings. The van der Waals surface area contributed by atoms with E-state index in [1.165, 1.54) is 29.6 Å². The fraction of sp³-hybridized carbons (Fsp3) is 0.412. The van der Waals surface area contributed by atoms with E-state index in [1.807, 2.05) is 0 Å². The number of rotatable bonds is 3. The van der Waals surface area contributed by atoms with E-state index in [-0.39, 0.29) is 30.2 Å². The van der Waals surface area contributed by atoms with Crippen LogP contribution in [-0.4, -0.2) is 51.7 Å². The van der Waals surface area contributed by atoms with Gasteiger partial charge >= 0.3 is 11.9 Å². The molecule has 1 amide bonds. The molecular weight excluding hydrogens is 379 g/mol. The van der Waals surface area contributed by atoms with Crippen LogP contribution in [0, 0.1) is 17.0 Å². The molecule has 1 aliphatic rings. The van der Waals surface area contributed by atoms with E-state index >= 15 is 0 Å². The quantitative estimate of drug-likeness (QED) is 0.587. The maximum atomic E-state index is 12.9. The SMILES string of the molecule is Cc1nn(C)c(C(=O)N2CCN(c3cccc(C(F)(F)F)c3)CC2)c1[N+](=O)[O-]. The highest BCUT2D eigenvalue weighted by Gasteiger charge is 2.34. The molecule has 150 valence electrons. The van der Waals surface area contributed by atoms with Gasteiger partial charge in [-0.25, -0.2) is 0 Å². The van der Waals surface area contributed by atoms with Crippen molar-refractivity contribution in [3.8, 4) is 0 Å². The van der Waals surface area contributed by atoms with E-state index in [9.17, 15) is 28.1 Å². The van der Waals surface area contributed by atoms with Gasteiger partial charge in [-0.3, -0.25) is 19.6 Å². The number of aryl methyl sites for hydroxylation is 2. The van der Waals surface area contributed by atoms with Crippen LogP contribution in [0.2, 0.25) is 0 Å². The summed E-state index contributed by atoms with van der Waals surface area (Å²) in [6.45, 7) is 2.56. The van der Waals surface area contributed by atoms with Gasteiger partial charge in [0.1, 0.15) is 5.69 Å². The zero-order valence-corrected chi connectivity index (χ0v) is 15.2. The minimum absolute atomic E-state index is 0.102. The fourth-order valence-corrected chi connectivity index (χ4v) is 3.30. The topological polar surface area (TPSA) is 84.5 Å². The number of hydrogen-bond acceptors (Lipinski definition) is 5. The number of nitrogens with zero attached hydrogens (tertiary/aromatic N) is 5. The number of halogens is 3. The van der Waals surface area contributed by atoms with Crippen molar-refractivity contribution >= 4 is 17.3 Å². The number of carbonyl (C=O) groups is 1. The van der Waals surface area contributed by atoms with Gasteiger partial charge < -0.3 is 9.80 Å². The number of benzene rings is 1. The highest BCUT2D eigenvalue weighted by molar-refractivity contribution is 5.97. The second-order valence-electron chi connectivity index (χ2n) is 6.49. The molecule has 1 aliphatic heterocycles. The highest BCUT2D eigenvalue weighted by Crippen LogP contribution is 2.32. The van der Waals surface area contributed by atoms with Crippen LogP contribution in [0.1, 0.15) is 21.7 Å². The van der Waals surface area contributed by atoms with E-state index in [1.54, 1.807) is 11.0 Å². The molecule has 28 heavy (non-hydrogen) atoms. The molecule has 2 heterocycles. The Morgan fingerprint density at radius 1 is 1.21 bits per heavy atom. The highest BCUT2D eigenvalue weighted by atomic mass is 19.4. The van der Waals surface area contributed by atoms with Gasteiger partial charge in [0.15, 0.2) is 0 Å². The van der Waals surface area contributed by atoms with Gasteiger partial charge in [0.2, 0.25) is 5.69 Å². The molecule has 3 rings (SSSR count). The maximum Gasteiger partial charge on any atom is 0.416 e. The Kier molecular flexibility index (Phi) is 5.01. The molecule has 0 atom stereocenters. The van der Waals surface area contributed by atoms with Crippen LogP contribution in [0.15, 0.2) is 24.3 Å². The van der Waals surface area contributed by atoms with Crippen LogP contribution < -0.4 is 4.90 Å². The van der Waals surface area contributed by atoms with Crippen molar-refractivity contribution in [3.63, 3.8) is 0 Å². The molecule has 0 bridgehead atoms. The average Bonchev–Trinajstić information content (AvgIpc) is 2.95. The van der Waals surface area contributed by atoms with Crippen molar-refractivity contribution in [1.29, 1.82) is 0 Å². The number of nitro groups is 1. The van der Waals surface area contributed by atoms with Crippen LogP contribution in [0.25, 0.3) is 0 Å². The van der Waals surface area contributed by atoms with Crippen molar-refractivity contribution in [2.24, 2.45) is 7.05 Å². The summed E-state index contributed by atoms with van der Waals surface area (Å²) in [5.41, 5.74) is -0.588. The summed E-state index contributed by atoms with van der Waals surface area (Å²) >= 11 is 0. The maximum absolute atomic E-state index is 12.9. The first-order valence-corrected chi connectivity index (χ1v) is 8.49. The van der Waals surface area contributed by atoms with Crippen molar-refractivity contribution in [2.75, 3.05) is 31.1 Å². The Labute approximate surface area is 158 Å². The molecule has 11 heteroatoms. The lowest BCUT2D eigenvalue weighted by Crippen LogP contribution is -2.49. The number of amides is 1. The molecule has 0 N–H and O–H groups in total. The van der Waals surface area contributed by atoms with Crippen LogP contribution >= 0.6 is 0 Å². The molecular formula is C17H18F3N5O3. The second kappa shape index (κ2) is 7.13. The third kappa shape index (κ3) is 3.64. The number of aromatic nitrogens is 2. The summed E-state index contributed by atoms with van der Waals surface area (Å²) in [6, 6.07) is 5.01. The van der Waals surface area contributed by atoms with Crippen LogP contribution in [-0.2, 0) is 13.2 Å².